The first kappa shape index (κ1) is 33.2. The Morgan fingerprint density at radius 1 is 0.872 bits per heavy atom. The number of rotatable bonds is 11. The fourth-order valence-electron chi connectivity index (χ4n) is 6.45. The molecule has 0 radical (unpaired) electrons. The van der Waals surface area contributed by atoms with E-state index in [0.717, 1.165) is 79.6 Å². The van der Waals surface area contributed by atoms with Gasteiger partial charge in [0.2, 0.25) is 11.9 Å². The number of carbonyl (C=O) groups excluding carboxylic acids is 1. The smallest absolute Gasteiger partial charge is 0.222 e. The van der Waals surface area contributed by atoms with E-state index in [9.17, 15) is 4.79 Å². The summed E-state index contributed by atoms with van der Waals surface area (Å²) in [7, 11) is 4.35. The SMILES string of the molecule is CN1CCN(C(I)CCCN(C)C2=Nc3ccccc3C(CC(=O)NCc3ccccc3)N2c2ccc(-c3ccccc3)cc2)CC1. The zero-order valence-corrected chi connectivity index (χ0v) is 29.6. The summed E-state index contributed by atoms with van der Waals surface area (Å²) >= 11 is 2.62. The van der Waals surface area contributed by atoms with Gasteiger partial charge in [-0.2, -0.15) is 0 Å². The van der Waals surface area contributed by atoms with Gasteiger partial charge in [-0.05, 0) is 54.8 Å². The van der Waals surface area contributed by atoms with E-state index < -0.39 is 0 Å². The Labute approximate surface area is 293 Å². The normalized spacial score (nSPS) is 17.5. The summed E-state index contributed by atoms with van der Waals surface area (Å²) in [5, 5.41) is 3.18. The highest BCUT2D eigenvalue weighted by molar-refractivity contribution is 14.1. The Hall–Kier alpha value is -3.73. The number of benzene rings is 4. The molecule has 1 amide bonds. The van der Waals surface area contributed by atoms with Crippen LogP contribution in [0, 0.1) is 0 Å². The van der Waals surface area contributed by atoms with Crippen LogP contribution in [0.5, 0.6) is 0 Å². The average Bonchev–Trinajstić information content (AvgIpc) is 3.11. The lowest BCUT2D eigenvalue weighted by molar-refractivity contribution is -0.121. The van der Waals surface area contributed by atoms with Gasteiger partial charge in [0.15, 0.2) is 0 Å². The van der Waals surface area contributed by atoms with Gasteiger partial charge < -0.3 is 20.0 Å². The van der Waals surface area contributed by atoms with Crippen LogP contribution in [-0.4, -0.2) is 77.4 Å². The number of carbonyl (C=O) groups is 1. The molecule has 1 N–H and O–H groups in total. The maximum atomic E-state index is 13.6. The van der Waals surface area contributed by atoms with Gasteiger partial charge in [-0.25, -0.2) is 4.99 Å². The second-order valence-corrected chi connectivity index (χ2v) is 14.0. The molecule has 7 nitrogen and oxygen atoms in total. The number of halogens is 1. The summed E-state index contributed by atoms with van der Waals surface area (Å²) in [5.74, 6) is 0.894. The fourth-order valence-corrected chi connectivity index (χ4v) is 7.45. The zero-order chi connectivity index (χ0) is 32.6. The molecule has 0 spiro atoms. The Kier molecular flexibility index (Phi) is 11.2. The summed E-state index contributed by atoms with van der Waals surface area (Å²) in [4.78, 5) is 28.4. The van der Waals surface area contributed by atoms with Crippen molar-refractivity contribution in [2.75, 3.05) is 51.7 Å². The molecule has 6 rings (SSSR count). The molecule has 2 heterocycles. The van der Waals surface area contributed by atoms with Crippen molar-refractivity contribution in [1.82, 2.24) is 20.0 Å². The number of alkyl halides is 1. The summed E-state index contributed by atoms with van der Waals surface area (Å²) in [6.45, 7) is 5.90. The minimum absolute atomic E-state index is 0.0170. The zero-order valence-electron chi connectivity index (χ0n) is 27.4. The fraction of sp³-hybridized carbons (Fsp3) is 0.333. The lowest BCUT2D eigenvalue weighted by Gasteiger charge is -2.41. The van der Waals surface area contributed by atoms with Crippen molar-refractivity contribution in [2.24, 2.45) is 4.99 Å². The predicted molar refractivity (Wildman–Crippen MR) is 202 cm³/mol. The average molecular weight is 741 g/mol. The van der Waals surface area contributed by atoms with Gasteiger partial charge >= 0.3 is 0 Å². The summed E-state index contributed by atoms with van der Waals surface area (Å²) in [6.07, 6.45) is 2.49. The minimum Gasteiger partial charge on any atom is -0.352 e. The van der Waals surface area contributed by atoms with Crippen molar-refractivity contribution in [3.8, 4) is 11.1 Å². The third-order valence-electron chi connectivity index (χ3n) is 9.22. The van der Waals surface area contributed by atoms with Crippen molar-refractivity contribution in [1.29, 1.82) is 0 Å². The van der Waals surface area contributed by atoms with Gasteiger partial charge in [-0.3, -0.25) is 9.69 Å². The summed E-state index contributed by atoms with van der Waals surface area (Å²) < 4.78 is 0.520. The van der Waals surface area contributed by atoms with Crippen molar-refractivity contribution < 1.29 is 4.79 Å². The maximum Gasteiger partial charge on any atom is 0.222 e. The number of piperazine rings is 1. The monoisotopic (exact) mass is 740 g/mol. The van der Waals surface area contributed by atoms with Crippen molar-refractivity contribution in [3.63, 3.8) is 0 Å². The minimum atomic E-state index is -0.206. The van der Waals surface area contributed by atoms with Crippen LogP contribution in [0.4, 0.5) is 11.4 Å². The molecule has 1 fully saturated rings. The molecule has 2 atom stereocenters. The van der Waals surface area contributed by atoms with Crippen molar-refractivity contribution in [2.45, 2.75) is 35.9 Å². The maximum absolute atomic E-state index is 13.6. The number of amides is 1. The molecule has 4 aromatic carbocycles. The highest BCUT2D eigenvalue weighted by atomic mass is 127. The van der Waals surface area contributed by atoms with E-state index in [-0.39, 0.29) is 11.9 Å². The number of likely N-dealkylation sites (N-methyl/N-ethyl adjacent to an activating group) is 1. The van der Waals surface area contributed by atoms with Gasteiger partial charge in [0.05, 0.1) is 22.2 Å². The van der Waals surface area contributed by atoms with E-state index in [1.807, 2.05) is 48.5 Å². The third kappa shape index (κ3) is 8.41. The number of anilines is 1. The van der Waals surface area contributed by atoms with Crippen LogP contribution < -0.4 is 10.2 Å². The second-order valence-electron chi connectivity index (χ2n) is 12.6. The van der Waals surface area contributed by atoms with Crippen molar-refractivity contribution in [3.05, 3.63) is 120 Å². The number of para-hydroxylation sites is 1. The molecule has 2 aliphatic heterocycles. The van der Waals surface area contributed by atoms with Crippen LogP contribution in [0.25, 0.3) is 11.1 Å². The van der Waals surface area contributed by atoms with Gasteiger partial charge in [0.1, 0.15) is 0 Å². The first-order valence-corrected chi connectivity index (χ1v) is 17.9. The number of nitrogens with zero attached hydrogens (tertiary/aromatic N) is 5. The quantitative estimate of drug-likeness (QED) is 0.0993. The third-order valence-corrected chi connectivity index (χ3v) is 10.6. The number of aliphatic imine (C=N–C) groups is 1. The Morgan fingerprint density at radius 3 is 2.23 bits per heavy atom. The number of guanidine groups is 1. The summed E-state index contributed by atoms with van der Waals surface area (Å²) in [6, 6.07) is 37.3. The van der Waals surface area contributed by atoms with E-state index in [1.165, 1.54) is 5.56 Å². The van der Waals surface area contributed by atoms with Crippen LogP contribution in [0.1, 0.15) is 36.4 Å². The molecule has 2 aliphatic rings. The van der Waals surface area contributed by atoms with Crippen LogP contribution in [0.2, 0.25) is 0 Å². The highest BCUT2D eigenvalue weighted by Crippen LogP contribution is 2.40. The molecule has 47 heavy (non-hydrogen) atoms. The number of hydrogen-bond donors (Lipinski definition) is 1. The molecule has 0 aromatic heterocycles. The van der Waals surface area contributed by atoms with Crippen molar-refractivity contribution >= 4 is 45.8 Å². The highest BCUT2D eigenvalue weighted by Gasteiger charge is 2.34. The Balaban J connectivity index is 1.25. The van der Waals surface area contributed by atoms with Gasteiger partial charge in [-0.15, -0.1) is 0 Å². The Bertz CT molecular complexity index is 1620. The van der Waals surface area contributed by atoms with Gasteiger partial charge in [0.25, 0.3) is 0 Å². The largest absolute Gasteiger partial charge is 0.352 e. The Morgan fingerprint density at radius 2 is 1.51 bits per heavy atom. The molecular weight excluding hydrogens is 695 g/mol. The molecule has 244 valence electrons. The molecular formula is C39H45IN6O. The predicted octanol–water partition coefficient (Wildman–Crippen LogP) is 7.33. The number of hydrogen-bond acceptors (Lipinski definition) is 6. The second kappa shape index (κ2) is 15.9. The molecule has 0 aliphatic carbocycles. The first-order valence-electron chi connectivity index (χ1n) is 16.7. The first-order chi connectivity index (χ1) is 23.0. The van der Waals surface area contributed by atoms with Crippen LogP contribution >= 0.6 is 22.6 Å². The number of fused-ring (bicyclic) bond motifs is 1. The van der Waals surface area contributed by atoms with E-state index in [4.69, 9.17) is 4.99 Å². The summed E-state index contributed by atoms with van der Waals surface area (Å²) in [5.41, 5.74) is 6.44. The van der Waals surface area contributed by atoms with Crippen LogP contribution in [-0.2, 0) is 11.3 Å². The van der Waals surface area contributed by atoms with E-state index >= 15 is 0 Å². The number of nitrogens with one attached hydrogen (secondary N) is 1. The lowest BCUT2D eigenvalue weighted by atomic mass is 9.96. The molecule has 0 saturated carbocycles. The molecule has 2 unspecified atom stereocenters. The molecule has 4 aromatic rings. The molecule has 0 bridgehead atoms. The van der Waals surface area contributed by atoms with Gasteiger partial charge in [-0.1, -0.05) is 114 Å². The molecule has 1 saturated heterocycles. The standard InChI is InChI=1S/C39H45IN6O/c1-43-24-26-45(27-25-43)37(40)18-11-23-44(2)39-42-35-17-10-9-16-34(35)36(28-38(47)41-29-30-12-5-3-6-13-30)46(39)33-21-19-32(20-22-33)31-14-7-4-8-15-31/h3-10,12-17,19-22,36-37H,11,18,23-29H2,1-2H3,(H,41,47). The van der Waals surface area contributed by atoms with E-state index in [1.54, 1.807) is 0 Å². The van der Waals surface area contributed by atoms with E-state index in [2.05, 4.69) is 122 Å². The van der Waals surface area contributed by atoms with Gasteiger partial charge in [0, 0.05) is 57.6 Å². The topological polar surface area (TPSA) is 54.4 Å². The lowest BCUT2D eigenvalue weighted by Crippen LogP contribution is -2.48. The van der Waals surface area contributed by atoms with Crippen LogP contribution in [0.3, 0.4) is 0 Å². The van der Waals surface area contributed by atoms with E-state index in [0.29, 0.717) is 17.0 Å². The van der Waals surface area contributed by atoms with Crippen LogP contribution in [0.15, 0.2) is 114 Å². The molecule has 8 heteroatoms.